The topological polar surface area (TPSA) is 12.9 Å². The Morgan fingerprint density at radius 3 is 3.18 bits per heavy atom. The summed E-state index contributed by atoms with van der Waals surface area (Å²) < 4.78 is 1.27. The summed E-state index contributed by atoms with van der Waals surface area (Å²) in [6.45, 7) is 0. The third-order valence-corrected chi connectivity index (χ3v) is 3.07. The number of rotatable bonds is 1. The minimum absolute atomic E-state index is 1.11. The van der Waals surface area contributed by atoms with Gasteiger partial charge in [-0.3, -0.25) is 0 Å². The lowest BCUT2D eigenvalue weighted by Crippen LogP contribution is -1.69. The van der Waals surface area contributed by atoms with Crippen LogP contribution in [0.3, 0.4) is 0 Å². The number of benzene rings is 1. The molecule has 0 amide bonds. The number of hydrogen-bond acceptors (Lipinski definition) is 3. The van der Waals surface area contributed by atoms with Gasteiger partial charge in [-0.25, -0.2) is 4.98 Å². The number of hydrogen-bond donors (Lipinski definition) is 0. The van der Waals surface area contributed by atoms with Crippen molar-refractivity contribution in [2.24, 2.45) is 0 Å². The lowest BCUT2D eigenvalue weighted by Gasteiger charge is -1.93. The minimum Gasteiger partial charge on any atom is -0.245 e. The Morgan fingerprint density at radius 1 is 1.45 bits per heavy atom. The molecule has 0 bridgehead atoms. The van der Waals surface area contributed by atoms with Crippen LogP contribution in [0.15, 0.2) is 28.6 Å². The molecule has 0 aliphatic carbocycles. The maximum atomic E-state index is 4.23. The lowest BCUT2D eigenvalue weighted by atomic mass is 10.3. The summed E-state index contributed by atoms with van der Waals surface area (Å²) in [4.78, 5) is 5.51. The lowest BCUT2D eigenvalue weighted by molar-refractivity contribution is 1.44. The summed E-state index contributed by atoms with van der Waals surface area (Å²) >= 11 is 3.44. The summed E-state index contributed by atoms with van der Waals surface area (Å²) in [5, 5.41) is 0. The van der Waals surface area contributed by atoms with Gasteiger partial charge in [-0.1, -0.05) is 0 Å². The highest BCUT2D eigenvalue weighted by molar-refractivity contribution is 7.98. The Kier molecular flexibility index (Phi) is 1.84. The van der Waals surface area contributed by atoms with Crippen LogP contribution in [0.5, 0.6) is 0 Å². The van der Waals surface area contributed by atoms with Crippen LogP contribution in [0.25, 0.3) is 10.2 Å². The first-order chi connectivity index (χ1) is 5.40. The number of fused-ring (bicyclic) bond motifs is 1. The van der Waals surface area contributed by atoms with Gasteiger partial charge in [-0.05, 0) is 24.5 Å². The fourth-order valence-corrected chi connectivity index (χ4v) is 2.06. The zero-order valence-corrected chi connectivity index (χ0v) is 7.71. The Bertz CT molecular complexity index is 367. The van der Waals surface area contributed by atoms with Gasteiger partial charge in [0.15, 0.2) is 0 Å². The molecule has 0 spiro atoms. The molecule has 3 heteroatoms. The number of thioether (sulfide) groups is 1. The molecule has 0 atom stereocenters. The number of nitrogens with zero attached hydrogens (tertiary/aromatic N) is 1. The van der Waals surface area contributed by atoms with Gasteiger partial charge < -0.3 is 0 Å². The van der Waals surface area contributed by atoms with Gasteiger partial charge in [-0.2, -0.15) is 0 Å². The number of aromatic nitrogens is 1. The average Bonchev–Trinajstić information content (AvgIpc) is 2.50. The van der Waals surface area contributed by atoms with Crippen LogP contribution < -0.4 is 0 Å². The third kappa shape index (κ3) is 1.26. The van der Waals surface area contributed by atoms with Crippen molar-refractivity contribution in [2.75, 3.05) is 6.26 Å². The first kappa shape index (κ1) is 7.13. The fraction of sp³-hybridized carbons (Fsp3) is 0.125. The van der Waals surface area contributed by atoms with E-state index in [0.29, 0.717) is 0 Å². The molecule has 11 heavy (non-hydrogen) atoms. The molecule has 0 N–H and O–H groups in total. The quantitative estimate of drug-likeness (QED) is 0.627. The predicted octanol–water partition coefficient (Wildman–Crippen LogP) is 3.02. The second-order valence-corrected chi connectivity index (χ2v) is 3.95. The smallest absolute Gasteiger partial charge is 0.0823 e. The van der Waals surface area contributed by atoms with Crippen molar-refractivity contribution in [3.63, 3.8) is 0 Å². The molecule has 1 heterocycles. The maximum Gasteiger partial charge on any atom is 0.0823 e. The monoisotopic (exact) mass is 181 g/mol. The first-order valence-electron chi connectivity index (χ1n) is 3.27. The molecule has 1 nitrogen and oxygen atoms in total. The fourth-order valence-electron chi connectivity index (χ4n) is 0.965. The van der Waals surface area contributed by atoms with E-state index in [4.69, 9.17) is 0 Å². The standard InChI is InChI=1S/C8H7NS2/c1-10-6-2-3-8-7(4-6)9-5-11-8/h2-5H,1H3. The zero-order chi connectivity index (χ0) is 7.68. The van der Waals surface area contributed by atoms with Crippen LogP contribution in [0.2, 0.25) is 0 Å². The van der Waals surface area contributed by atoms with E-state index in [1.807, 2.05) is 5.51 Å². The van der Waals surface area contributed by atoms with E-state index in [1.54, 1.807) is 23.1 Å². The Morgan fingerprint density at radius 2 is 2.36 bits per heavy atom. The van der Waals surface area contributed by atoms with Gasteiger partial charge >= 0.3 is 0 Å². The van der Waals surface area contributed by atoms with E-state index in [-0.39, 0.29) is 0 Å². The molecule has 0 radical (unpaired) electrons. The SMILES string of the molecule is CSc1ccc2scnc2c1. The van der Waals surface area contributed by atoms with Crippen LogP contribution in [0.4, 0.5) is 0 Å². The van der Waals surface area contributed by atoms with Crippen molar-refractivity contribution in [1.29, 1.82) is 0 Å². The Labute approximate surface area is 73.5 Å². The van der Waals surface area contributed by atoms with Gasteiger partial charge in [0.05, 0.1) is 15.7 Å². The van der Waals surface area contributed by atoms with Crippen molar-refractivity contribution in [1.82, 2.24) is 4.98 Å². The molecule has 0 fully saturated rings. The molecular weight excluding hydrogens is 174 g/mol. The van der Waals surface area contributed by atoms with E-state index >= 15 is 0 Å². The van der Waals surface area contributed by atoms with Crippen LogP contribution in [0.1, 0.15) is 0 Å². The van der Waals surface area contributed by atoms with Gasteiger partial charge in [0.25, 0.3) is 0 Å². The molecule has 56 valence electrons. The second kappa shape index (κ2) is 2.83. The van der Waals surface area contributed by atoms with Crippen molar-refractivity contribution in [2.45, 2.75) is 4.90 Å². The maximum absolute atomic E-state index is 4.23. The van der Waals surface area contributed by atoms with Gasteiger partial charge in [0.2, 0.25) is 0 Å². The highest BCUT2D eigenvalue weighted by Gasteiger charge is 1.96. The minimum atomic E-state index is 1.11. The highest BCUT2D eigenvalue weighted by atomic mass is 32.2. The zero-order valence-electron chi connectivity index (χ0n) is 6.07. The summed E-state index contributed by atoms with van der Waals surface area (Å²) in [7, 11) is 0. The molecule has 0 saturated heterocycles. The Hall–Kier alpha value is -0.540. The van der Waals surface area contributed by atoms with Crippen molar-refractivity contribution in [3.05, 3.63) is 23.7 Å². The van der Waals surface area contributed by atoms with E-state index in [9.17, 15) is 0 Å². The Balaban J connectivity index is 2.67. The van der Waals surface area contributed by atoms with Gasteiger partial charge in [0.1, 0.15) is 0 Å². The number of thiazole rings is 1. The first-order valence-corrected chi connectivity index (χ1v) is 5.38. The van der Waals surface area contributed by atoms with Gasteiger partial charge in [0, 0.05) is 4.90 Å². The van der Waals surface area contributed by atoms with Crippen LogP contribution in [-0.2, 0) is 0 Å². The summed E-state index contributed by atoms with van der Waals surface area (Å²) in [5.41, 5.74) is 3.00. The molecule has 0 aliphatic heterocycles. The van der Waals surface area contributed by atoms with Gasteiger partial charge in [-0.15, -0.1) is 23.1 Å². The largest absolute Gasteiger partial charge is 0.245 e. The molecule has 1 aromatic heterocycles. The second-order valence-electron chi connectivity index (χ2n) is 2.19. The third-order valence-electron chi connectivity index (χ3n) is 1.54. The summed E-state index contributed by atoms with van der Waals surface area (Å²) in [6.07, 6.45) is 2.08. The van der Waals surface area contributed by atoms with Crippen molar-refractivity contribution < 1.29 is 0 Å². The van der Waals surface area contributed by atoms with Crippen LogP contribution in [0, 0.1) is 0 Å². The molecular formula is C8H7NS2. The predicted molar refractivity (Wildman–Crippen MR) is 51.4 cm³/mol. The van der Waals surface area contributed by atoms with Crippen molar-refractivity contribution >= 4 is 33.3 Å². The van der Waals surface area contributed by atoms with Crippen molar-refractivity contribution in [3.8, 4) is 0 Å². The van der Waals surface area contributed by atoms with E-state index < -0.39 is 0 Å². The molecule has 2 rings (SSSR count). The summed E-state index contributed by atoms with van der Waals surface area (Å²) in [6, 6.07) is 6.38. The van der Waals surface area contributed by atoms with Crippen LogP contribution >= 0.6 is 23.1 Å². The molecule has 1 aromatic carbocycles. The normalized spacial score (nSPS) is 10.6. The summed E-state index contributed by atoms with van der Waals surface area (Å²) in [5.74, 6) is 0. The molecule has 2 aromatic rings. The van der Waals surface area contributed by atoms with E-state index in [0.717, 1.165) is 5.52 Å². The average molecular weight is 181 g/mol. The molecule has 0 unspecified atom stereocenters. The van der Waals surface area contributed by atoms with E-state index in [2.05, 4.69) is 29.4 Å². The van der Waals surface area contributed by atoms with Crippen LogP contribution in [-0.4, -0.2) is 11.2 Å². The molecule has 0 saturated carbocycles. The highest BCUT2D eigenvalue weighted by Crippen LogP contribution is 2.23. The van der Waals surface area contributed by atoms with E-state index in [1.165, 1.54) is 9.60 Å². The molecule has 0 aliphatic rings.